The Morgan fingerprint density at radius 3 is 2.61 bits per heavy atom. The van der Waals surface area contributed by atoms with Crippen LogP contribution in [0.1, 0.15) is 41.0 Å². The molecule has 0 unspecified atom stereocenters. The molecule has 1 aliphatic heterocycles. The Labute approximate surface area is 162 Å². The Balaban J connectivity index is 1.16. The fourth-order valence-corrected chi connectivity index (χ4v) is 3.39. The summed E-state index contributed by atoms with van der Waals surface area (Å²) in [5.74, 6) is 2.25. The summed E-state index contributed by atoms with van der Waals surface area (Å²) in [5.41, 5.74) is 1.33. The first-order chi connectivity index (χ1) is 13.8. The van der Waals surface area contributed by atoms with Crippen LogP contribution in [0.15, 0.2) is 45.5 Å². The number of oxazole rings is 1. The third-order valence-corrected chi connectivity index (χ3v) is 5.18. The maximum atomic E-state index is 12.6. The lowest BCUT2D eigenvalue weighted by Gasteiger charge is -2.33. The fourth-order valence-electron chi connectivity index (χ4n) is 3.39. The summed E-state index contributed by atoms with van der Waals surface area (Å²) in [4.78, 5) is 25.5. The minimum absolute atomic E-state index is 0.0544. The second-order valence-electron chi connectivity index (χ2n) is 7.30. The van der Waals surface area contributed by atoms with E-state index in [-0.39, 0.29) is 5.91 Å². The van der Waals surface area contributed by atoms with Gasteiger partial charge < -0.3 is 13.8 Å². The minimum atomic E-state index is -0.0544. The van der Waals surface area contributed by atoms with Crippen molar-refractivity contribution in [2.75, 3.05) is 26.2 Å². The summed E-state index contributed by atoms with van der Waals surface area (Å²) >= 11 is 0. The van der Waals surface area contributed by atoms with Gasteiger partial charge >= 0.3 is 0 Å². The number of rotatable bonds is 5. The van der Waals surface area contributed by atoms with Crippen molar-refractivity contribution in [2.45, 2.75) is 25.3 Å². The average Bonchev–Trinajstić information content (AvgIpc) is 3.28. The molecule has 0 spiro atoms. The number of amides is 1. The van der Waals surface area contributed by atoms with Crippen LogP contribution in [0.3, 0.4) is 0 Å². The fraction of sp³-hybridized carbons (Fsp3) is 0.400. The lowest BCUT2D eigenvalue weighted by Crippen LogP contribution is -2.48. The van der Waals surface area contributed by atoms with Crippen molar-refractivity contribution in [2.24, 2.45) is 0 Å². The molecule has 8 nitrogen and oxygen atoms in total. The van der Waals surface area contributed by atoms with Gasteiger partial charge in [0.1, 0.15) is 6.26 Å². The van der Waals surface area contributed by atoms with Gasteiger partial charge in [-0.2, -0.15) is 4.98 Å². The van der Waals surface area contributed by atoms with Crippen LogP contribution >= 0.6 is 0 Å². The number of piperazine rings is 1. The van der Waals surface area contributed by atoms with Gasteiger partial charge in [-0.15, -0.1) is 0 Å². The van der Waals surface area contributed by atoms with E-state index in [1.807, 2.05) is 35.2 Å². The second kappa shape index (κ2) is 7.20. The molecule has 8 heteroatoms. The predicted molar refractivity (Wildman–Crippen MR) is 99.4 cm³/mol. The van der Waals surface area contributed by atoms with E-state index in [1.54, 1.807) is 0 Å². The summed E-state index contributed by atoms with van der Waals surface area (Å²) in [5, 5.41) is 4.08. The number of aromatic nitrogens is 3. The molecule has 2 fully saturated rings. The highest BCUT2D eigenvalue weighted by Gasteiger charge is 2.31. The van der Waals surface area contributed by atoms with Crippen LogP contribution in [0, 0.1) is 0 Å². The van der Waals surface area contributed by atoms with E-state index in [0.717, 1.165) is 31.5 Å². The van der Waals surface area contributed by atoms with Crippen LogP contribution in [0.2, 0.25) is 0 Å². The lowest BCUT2D eigenvalue weighted by atomic mass is 10.2. The van der Waals surface area contributed by atoms with Gasteiger partial charge in [-0.3, -0.25) is 9.69 Å². The molecule has 3 aromatic rings. The highest BCUT2D eigenvalue weighted by Crippen LogP contribution is 2.39. The van der Waals surface area contributed by atoms with E-state index in [2.05, 4.69) is 20.0 Å². The Hall–Kier alpha value is -3.00. The molecule has 0 N–H and O–H groups in total. The van der Waals surface area contributed by atoms with Crippen molar-refractivity contribution < 1.29 is 13.7 Å². The first-order valence-electron chi connectivity index (χ1n) is 9.61. The zero-order chi connectivity index (χ0) is 18.9. The molecular weight excluding hydrogens is 358 g/mol. The third-order valence-electron chi connectivity index (χ3n) is 5.18. The zero-order valence-electron chi connectivity index (χ0n) is 15.5. The Morgan fingerprint density at radius 2 is 1.86 bits per heavy atom. The van der Waals surface area contributed by atoms with Crippen LogP contribution < -0.4 is 0 Å². The van der Waals surface area contributed by atoms with Crippen molar-refractivity contribution in [3.8, 4) is 11.5 Å². The average molecular weight is 379 g/mol. The van der Waals surface area contributed by atoms with Crippen LogP contribution in [-0.2, 0) is 6.54 Å². The highest BCUT2D eigenvalue weighted by atomic mass is 16.5. The van der Waals surface area contributed by atoms with E-state index < -0.39 is 0 Å². The minimum Gasteiger partial charge on any atom is -0.448 e. The number of hydrogen-bond acceptors (Lipinski definition) is 7. The van der Waals surface area contributed by atoms with Gasteiger partial charge in [-0.25, -0.2) is 4.98 Å². The quantitative estimate of drug-likeness (QED) is 0.673. The predicted octanol–water partition coefficient (Wildman–Crippen LogP) is 2.56. The molecule has 144 valence electrons. The van der Waals surface area contributed by atoms with Crippen molar-refractivity contribution >= 4 is 5.91 Å². The first kappa shape index (κ1) is 17.1. The Morgan fingerprint density at radius 1 is 1.07 bits per heavy atom. The highest BCUT2D eigenvalue weighted by molar-refractivity contribution is 5.92. The van der Waals surface area contributed by atoms with Crippen LogP contribution in [-0.4, -0.2) is 57.0 Å². The summed E-state index contributed by atoms with van der Waals surface area (Å²) in [6.45, 7) is 3.42. The molecule has 1 aromatic carbocycles. The second-order valence-corrected chi connectivity index (χ2v) is 7.30. The van der Waals surface area contributed by atoms with Gasteiger partial charge in [0.15, 0.2) is 17.4 Å². The van der Waals surface area contributed by atoms with Gasteiger partial charge in [0, 0.05) is 37.7 Å². The van der Waals surface area contributed by atoms with E-state index in [4.69, 9.17) is 8.94 Å². The number of benzene rings is 1. The largest absolute Gasteiger partial charge is 0.448 e. The smallest absolute Gasteiger partial charge is 0.275 e. The molecule has 1 amide bonds. The van der Waals surface area contributed by atoms with Crippen molar-refractivity contribution in [3.05, 3.63) is 54.0 Å². The van der Waals surface area contributed by atoms with E-state index >= 15 is 0 Å². The molecule has 2 aromatic heterocycles. The molecule has 1 aliphatic carbocycles. The zero-order valence-corrected chi connectivity index (χ0v) is 15.5. The SMILES string of the molecule is O=C(c1coc(C2CC2)n1)N1CCN(Cc2noc(-c3ccccc3)n2)CC1. The molecule has 3 heterocycles. The van der Waals surface area contributed by atoms with Gasteiger partial charge in [0.2, 0.25) is 0 Å². The van der Waals surface area contributed by atoms with Crippen molar-refractivity contribution in [1.29, 1.82) is 0 Å². The number of hydrogen-bond donors (Lipinski definition) is 0. The van der Waals surface area contributed by atoms with E-state index in [1.165, 1.54) is 6.26 Å². The van der Waals surface area contributed by atoms with Gasteiger partial charge in [-0.05, 0) is 25.0 Å². The van der Waals surface area contributed by atoms with Crippen LogP contribution in [0.5, 0.6) is 0 Å². The molecule has 0 atom stereocenters. The monoisotopic (exact) mass is 379 g/mol. The topological polar surface area (TPSA) is 88.5 Å². The number of carbonyl (C=O) groups excluding carboxylic acids is 1. The van der Waals surface area contributed by atoms with E-state index in [0.29, 0.717) is 48.9 Å². The maximum absolute atomic E-state index is 12.6. The molecule has 1 saturated carbocycles. The van der Waals surface area contributed by atoms with Crippen molar-refractivity contribution in [1.82, 2.24) is 24.9 Å². The summed E-state index contributed by atoms with van der Waals surface area (Å²) in [6.07, 6.45) is 3.70. The molecule has 5 rings (SSSR count). The standard InChI is InChI=1S/C20H21N5O3/c26-20(16-13-27-18(21-16)15-6-7-15)25-10-8-24(9-11-25)12-17-22-19(28-23-17)14-4-2-1-3-5-14/h1-5,13,15H,6-12H2. The van der Waals surface area contributed by atoms with E-state index in [9.17, 15) is 4.79 Å². The molecule has 0 bridgehead atoms. The third kappa shape index (κ3) is 3.55. The van der Waals surface area contributed by atoms with Gasteiger partial charge in [0.05, 0.1) is 6.54 Å². The molecular formula is C20H21N5O3. The van der Waals surface area contributed by atoms with Crippen LogP contribution in [0.25, 0.3) is 11.5 Å². The van der Waals surface area contributed by atoms with Gasteiger partial charge in [-0.1, -0.05) is 23.4 Å². The number of nitrogens with zero attached hydrogens (tertiary/aromatic N) is 5. The molecule has 2 aliphatic rings. The molecule has 0 radical (unpaired) electrons. The first-order valence-corrected chi connectivity index (χ1v) is 9.61. The summed E-state index contributed by atoms with van der Waals surface area (Å²) in [6, 6.07) is 9.73. The lowest BCUT2D eigenvalue weighted by molar-refractivity contribution is 0.0618. The molecule has 1 saturated heterocycles. The maximum Gasteiger partial charge on any atom is 0.275 e. The Kier molecular flexibility index (Phi) is 4.40. The number of carbonyl (C=O) groups is 1. The Bertz CT molecular complexity index is 955. The summed E-state index contributed by atoms with van der Waals surface area (Å²) in [7, 11) is 0. The van der Waals surface area contributed by atoms with Crippen LogP contribution in [0.4, 0.5) is 0 Å². The molecule has 28 heavy (non-hydrogen) atoms. The van der Waals surface area contributed by atoms with Crippen molar-refractivity contribution in [3.63, 3.8) is 0 Å². The summed E-state index contributed by atoms with van der Waals surface area (Å²) < 4.78 is 10.8. The normalized spacial score (nSPS) is 17.8. The van der Waals surface area contributed by atoms with Gasteiger partial charge in [0.25, 0.3) is 11.8 Å².